The summed E-state index contributed by atoms with van der Waals surface area (Å²) in [4.78, 5) is 0. The predicted molar refractivity (Wildman–Crippen MR) is 81.6 cm³/mol. The topological polar surface area (TPSA) is 30.9 Å². The smallest absolute Gasteiger partial charge is 0.0491 e. The number of hydrogen-bond donors (Lipinski definition) is 1. The summed E-state index contributed by atoms with van der Waals surface area (Å²) >= 11 is 6.22. The largest absolute Gasteiger partial charge is 0.399 e. The van der Waals surface area contributed by atoms with Crippen LogP contribution in [0.2, 0.25) is 5.02 Å². The zero-order valence-corrected chi connectivity index (χ0v) is 11.5. The summed E-state index contributed by atoms with van der Waals surface area (Å²) in [6, 6.07) is 14.2. The number of fused-ring (bicyclic) bond motifs is 1. The molecule has 2 aromatic carbocycles. The lowest BCUT2D eigenvalue weighted by Gasteiger charge is -2.09. The summed E-state index contributed by atoms with van der Waals surface area (Å²) in [6.07, 6.45) is 2.09. The van der Waals surface area contributed by atoms with Crippen LogP contribution in [0.15, 0.2) is 48.7 Å². The average Bonchev–Trinajstić information content (AvgIpc) is 2.76. The number of aromatic nitrogens is 1. The summed E-state index contributed by atoms with van der Waals surface area (Å²) in [5.74, 6) is 0. The number of benzene rings is 2. The van der Waals surface area contributed by atoms with Crippen LogP contribution >= 0.6 is 11.6 Å². The Morgan fingerprint density at radius 3 is 2.79 bits per heavy atom. The molecule has 0 amide bonds. The van der Waals surface area contributed by atoms with Gasteiger partial charge >= 0.3 is 0 Å². The molecule has 0 unspecified atom stereocenters. The Labute approximate surface area is 117 Å². The molecule has 0 atom stereocenters. The van der Waals surface area contributed by atoms with Gasteiger partial charge in [-0.2, -0.15) is 0 Å². The van der Waals surface area contributed by atoms with Crippen LogP contribution in [0.1, 0.15) is 11.1 Å². The Morgan fingerprint density at radius 1 is 1.11 bits per heavy atom. The second kappa shape index (κ2) is 4.63. The van der Waals surface area contributed by atoms with Crippen molar-refractivity contribution in [3.8, 4) is 0 Å². The Hall–Kier alpha value is -1.93. The van der Waals surface area contributed by atoms with Crippen LogP contribution in [0, 0.1) is 6.92 Å². The van der Waals surface area contributed by atoms with Gasteiger partial charge in [0.05, 0.1) is 0 Å². The lowest BCUT2D eigenvalue weighted by atomic mass is 10.1. The molecule has 96 valence electrons. The van der Waals surface area contributed by atoms with Crippen LogP contribution in [-0.2, 0) is 6.54 Å². The van der Waals surface area contributed by atoms with E-state index in [2.05, 4.69) is 42.0 Å². The van der Waals surface area contributed by atoms with Gasteiger partial charge in [-0.15, -0.1) is 0 Å². The molecular formula is C16H15ClN2. The van der Waals surface area contributed by atoms with Crippen molar-refractivity contribution in [3.63, 3.8) is 0 Å². The third-order valence-electron chi connectivity index (χ3n) is 3.34. The van der Waals surface area contributed by atoms with E-state index in [4.69, 9.17) is 17.3 Å². The van der Waals surface area contributed by atoms with E-state index in [1.54, 1.807) is 0 Å². The minimum absolute atomic E-state index is 0.733. The third-order valence-corrected chi connectivity index (χ3v) is 3.71. The van der Waals surface area contributed by atoms with Crippen molar-refractivity contribution in [1.29, 1.82) is 0 Å². The zero-order chi connectivity index (χ0) is 13.4. The lowest BCUT2D eigenvalue weighted by molar-refractivity contribution is 0.837. The normalized spacial score (nSPS) is 11.1. The van der Waals surface area contributed by atoms with Gasteiger partial charge in [-0.05, 0) is 54.3 Å². The molecule has 0 aliphatic carbocycles. The highest BCUT2D eigenvalue weighted by Gasteiger charge is 2.05. The molecule has 1 heterocycles. The molecule has 2 nitrogen and oxygen atoms in total. The monoisotopic (exact) mass is 270 g/mol. The van der Waals surface area contributed by atoms with Gasteiger partial charge in [0.2, 0.25) is 0 Å². The average molecular weight is 271 g/mol. The molecule has 0 fully saturated rings. The highest BCUT2D eigenvalue weighted by molar-refractivity contribution is 6.31. The summed E-state index contributed by atoms with van der Waals surface area (Å²) in [5.41, 5.74) is 10.1. The first-order valence-corrected chi connectivity index (χ1v) is 6.61. The summed E-state index contributed by atoms with van der Waals surface area (Å²) in [5, 5.41) is 2.00. The zero-order valence-electron chi connectivity index (χ0n) is 10.7. The standard InChI is InChI=1S/C16H15ClN2/c1-11-2-5-16-12(8-11)6-7-19(16)10-13-9-14(18)3-4-15(13)17/h2-9H,10,18H2,1H3. The highest BCUT2D eigenvalue weighted by atomic mass is 35.5. The van der Waals surface area contributed by atoms with Crippen LogP contribution in [0.4, 0.5) is 5.69 Å². The van der Waals surface area contributed by atoms with Crippen molar-refractivity contribution in [2.75, 3.05) is 5.73 Å². The van der Waals surface area contributed by atoms with E-state index in [0.717, 1.165) is 22.8 Å². The minimum atomic E-state index is 0.733. The minimum Gasteiger partial charge on any atom is -0.399 e. The summed E-state index contributed by atoms with van der Waals surface area (Å²) in [7, 11) is 0. The number of hydrogen-bond acceptors (Lipinski definition) is 1. The molecule has 2 N–H and O–H groups in total. The van der Waals surface area contributed by atoms with E-state index >= 15 is 0 Å². The first-order chi connectivity index (χ1) is 9.13. The van der Waals surface area contributed by atoms with Gasteiger partial charge in [-0.3, -0.25) is 0 Å². The maximum atomic E-state index is 6.22. The van der Waals surface area contributed by atoms with Gasteiger partial charge in [0, 0.05) is 29.0 Å². The number of aryl methyl sites for hydroxylation is 1. The number of nitrogens with zero attached hydrogens (tertiary/aromatic N) is 1. The van der Waals surface area contributed by atoms with Crippen molar-refractivity contribution >= 4 is 28.2 Å². The van der Waals surface area contributed by atoms with E-state index in [0.29, 0.717) is 0 Å². The van der Waals surface area contributed by atoms with Crippen LogP contribution in [0.5, 0.6) is 0 Å². The molecule has 0 radical (unpaired) electrons. The van der Waals surface area contributed by atoms with E-state index in [1.165, 1.54) is 16.5 Å². The fraction of sp³-hybridized carbons (Fsp3) is 0.125. The van der Waals surface area contributed by atoms with Crippen molar-refractivity contribution in [3.05, 3.63) is 64.8 Å². The fourth-order valence-corrected chi connectivity index (χ4v) is 2.53. The molecule has 0 aliphatic rings. The number of rotatable bonds is 2. The van der Waals surface area contributed by atoms with Gasteiger partial charge in [0.25, 0.3) is 0 Å². The van der Waals surface area contributed by atoms with Crippen molar-refractivity contribution in [2.24, 2.45) is 0 Å². The van der Waals surface area contributed by atoms with Gasteiger partial charge in [0.15, 0.2) is 0 Å². The maximum Gasteiger partial charge on any atom is 0.0491 e. The molecular weight excluding hydrogens is 256 g/mol. The predicted octanol–water partition coefficient (Wildman–Crippen LogP) is 4.23. The van der Waals surface area contributed by atoms with Gasteiger partial charge in [0.1, 0.15) is 0 Å². The molecule has 3 heteroatoms. The second-order valence-electron chi connectivity index (χ2n) is 4.86. The first-order valence-electron chi connectivity index (χ1n) is 6.23. The van der Waals surface area contributed by atoms with Crippen LogP contribution < -0.4 is 5.73 Å². The molecule has 1 aromatic heterocycles. The van der Waals surface area contributed by atoms with E-state index in [1.807, 2.05) is 18.2 Å². The van der Waals surface area contributed by atoms with Gasteiger partial charge in [-0.25, -0.2) is 0 Å². The van der Waals surface area contributed by atoms with Crippen molar-refractivity contribution in [1.82, 2.24) is 4.57 Å². The maximum absolute atomic E-state index is 6.22. The Balaban J connectivity index is 2.03. The van der Waals surface area contributed by atoms with Gasteiger partial charge in [-0.1, -0.05) is 23.2 Å². The van der Waals surface area contributed by atoms with Crippen LogP contribution in [0.3, 0.4) is 0 Å². The number of anilines is 1. The molecule has 19 heavy (non-hydrogen) atoms. The Bertz CT molecular complexity index is 744. The van der Waals surface area contributed by atoms with Crippen LogP contribution in [-0.4, -0.2) is 4.57 Å². The highest BCUT2D eigenvalue weighted by Crippen LogP contribution is 2.23. The number of nitrogens with two attached hydrogens (primary N) is 1. The second-order valence-corrected chi connectivity index (χ2v) is 5.26. The first kappa shape index (κ1) is 12.1. The molecule has 0 spiro atoms. The number of nitrogen functional groups attached to an aromatic ring is 1. The molecule has 0 aliphatic heterocycles. The Morgan fingerprint density at radius 2 is 1.95 bits per heavy atom. The molecule has 3 aromatic rings. The SMILES string of the molecule is Cc1ccc2c(ccn2Cc2cc(N)ccc2Cl)c1. The van der Waals surface area contributed by atoms with Crippen molar-refractivity contribution < 1.29 is 0 Å². The van der Waals surface area contributed by atoms with E-state index < -0.39 is 0 Å². The third kappa shape index (κ3) is 2.32. The summed E-state index contributed by atoms with van der Waals surface area (Å²) < 4.78 is 2.19. The lowest BCUT2D eigenvalue weighted by Crippen LogP contribution is -1.99. The summed E-state index contributed by atoms with van der Waals surface area (Å²) in [6.45, 7) is 2.84. The Kier molecular flexibility index (Phi) is 2.96. The molecule has 0 saturated carbocycles. The van der Waals surface area contributed by atoms with Crippen molar-refractivity contribution in [2.45, 2.75) is 13.5 Å². The van der Waals surface area contributed by atoms with Gasteiger partial charge < -0.3 is 10.3 Å². The quantitative estimate of drug-likeness (QED) is 0.694. The van der Waals surface area contributed by atoms with E-state index in [9.17, 15) is 0 Å². The fourth-order valence-electron chi connectivity index (χ4n) is 2.36. The van der Waals surface area contributed by atoms with E-state index in [-0.39, 0.29) is 0 Å². The molecule has 0 saturated heterocycles. The number of halogens is 1. The molecule has 3 rings (SSSR count). The van der Waals surface area contributed by atoms with Crippen LogP contribution in [0.25, 0.3) is 10.9 Å². The molecule has 0 bridgehead atoms.